The lowest BCUT2D eigenvalue weighted by molar-refractivity contribution is -0.128. The molecule has 1 aromatic carbocycles. The van der Waals surface area contributed by atoms with Gasteiger partial charge < -0.3 is 10.6 Å². The van der Waals surface area contributed by atoms with Crippen molar-refractivity contribution in [2.75, 3.05) is 36.4 Å². The SMILES string of the molecule is NCC(=O)N1CCC2(C1)CN(C(=O)Nc1ncc(Cl)s1)c1ccc(Br)cc12. The van der Waals surface area contributed by atoms with Gasteiger partial charge in [0.05, 0.1) is 12.7 Å². The first kappa shape index (κ1) is 18.7. The summed E-state index contributed by atoms with van der Waals surface area (Å²) in [5.41, 5.74) is 7.16. The second-order valence-corrected chi connectivity index (χ2v) is 9.27. The van der Waals surface area contributed by atoms with E-state index in [1.165, 1.54) is 17.5 Å². The Morgan fingerprint density at radius 1 is 1.41 bits per heavy atom. The zero-order chi connectivity index (χ0) is 19.2. The molecule has 1 aromatic heterocycles. The summed E-state index contributed by atoms with van der Waals surface area (Å²) in [4.78, 5) is 32.6. The van der Waals surface area contributed by atoms with Crippen molar-refractivity contribution in [2.45, 2.75) is 11.8 Å². The Morgan fingerprint density at radius 2 is 2.22 bits per heavy atom. The molecule has 27 heavy (non-hydrogen) atoms. The Hall–Kier alpha value is -1.68. The van der Waals surface area contributed by atoms with Gasteiger partial charge in [0, 0.05) is 35.2 Å². The van der Waals surface area contributed by atoms with Gasteiger partial charge in [-0.2, -0.15) is 0 Å². The number of benzene rings is 1. The third-order valence-corrected chi connectivity index (χ3v) is 6.62. The molecule has 0 bridgehead atoms. The molecule has 2 aliphatic rings. The van der Waals surface area contributed by atoms with E-state index in [4.69, 9.17) is 17.3 Å². The number of rotatable bonds is 2. The molecule has 3 heterocycles. The molecule has 2 aliphatic heterocycles. The number of fused-ring (bicyclic) bond motifs is 2. The van der Waals surface area contributed by atoms with Gasteiger partial charge in [0.15, 0.2) is 5.13 Å². The summed E-state index contributed by atoms with van der Waals surface area (Å²) in [5, 5.41) is 3.26. The van der Waals surface area contributed by atoms with E-state index in [0.717, 1.165) is 22.1 Å². The molecule has 1 fully saturated rings. The lowest BCUT2D eigenvalue weighted by Gasteiger charge is -2.25. The minimum Gasteiger partial charge on any atom is -0.341 e. The molecule has 10 heteroatoms. The number of amides is 3. The number of hydrogen-bond donors (Lipinski definition) is 2. The van der Waals surface area contributed by atoms with Crippen LogP contribution in [0.3, 0.4) is 0 Å². The van der Waals surface area contributed by atoms with E-state index in [2.05, 4.69) is 26.2 Å². The Labute approximate surface area is 173 Å². The molecule has 1 spiro atoms. The first-order valence-electron chi connectivity index (χ1n) is 8.39. The second kappa shape index (κ2) is 7.05. The Balaban J connectivity index is 1.64. The smallest absolute Gasteiger partial charge is 0.328 e. The lowest BCUT2D eigenvalue weighted by Crippen LogP contribution is -2.42. The molecule has 0 aliphatic carbocycles. The van der Waals surface area contributed by atoms with Gasteiger partial charge in [0.1, 0.15) is 4.34 Å². The van der Waals surface area contributed by atoms with Crippen molar-refractivity contribution in [3.05, 3.63) is 38.8 Å². The molecule has 1 saturated heterocycles. The average molecular weight is 471 g/mol. The van der Waals surface area contributed by atoms with Crippen LogP contribution in [0.2, 0.25) is 4.34 Å². The van der Waals surface area contributed by atoms with E-state index in [-0.39, 0.29) is 23.9 Å². The summed E-state index contributed by atoms with van der Waals surface area (Å²) >= 11 is 10.6. The minimum absolute atomic E-state index is 0.00354. The first-order valence-corrected chi connectivity index (χ1v) is 10.4. The van der Waals surface area contributed by atoms with Gasteiger partial charge in [-0.25, -0.2) is 9.78 Å². The third-order valence-electron chi connectivity index (χ3n) is 5.10. The molecular formula is C17H17BrClN5O2S. The topological polar surface area (TPSA) is 91.6 Å². The van der Waals surface area contributed by atoms with Crippen molar-refractivity contribution < 1.29 is 9.59 Å². The van der Waals surface area contributed by atoms with E-state index < -0.39 is 0 Å². The van der Waals surface area contributed by atoms with E-state index in [1.54, 1.807) is 9.80 Å². The highest BCUT2D eigenvalue weighted by atomic mass is 79.9. The van der Waals surface area contributed by atoms with Crippen LogP contribution >= 0.6 is 38.9 Å². The summed E-state index contributed by atoms with van der Waals surface area (Å²) < 4.78 is 1.46. The fourth-order valence-corrected chi connectivity index (χ4v) is 5.02. The fourth-order valence-electron chi connectivity index (χ4n) is 3.86. The molecule has 2 aromatic rings. The highest BCUT2D eigenvalue weighted by Crippen LogP contribution is 2.47. The summed E-state index contributed by atoms with van der Waals surface area (Å²) in [6.07, 6.45) is 2.29. The predicted octanol–water partition coefficient (Wildman–Crippen LogP) is 3.04. The van der Waals surface area contributed by atoms with Crippen LogP contribution in [-0.2, 0) is 10.2 Å². The monoisotopic (exact) mass is 469 g/mol. The molecule has 3 amide bonds. The summed E-state index contributed by atoms with van der Waals surface area (Å²) in [6.45, 7) is 1.69. The van der Waals surface area contributed by atoms with E-state index >= 15 is 0 Å². The first-order chi connectivity index (χ1) is 12.9. The number of aromatic nitrogens is 1. The largest absolute Gasteiger partial charge is 0.341 e. The van der Waals surface area contributed by atoms with Crippen LogP contribution in [0.15, 0.2) is 28.9 Å². The summed E-state index contributed by atoms with van der Waals surface area (Å²) in [5.74, 6) is -0.0660. The van der Waals surface area contributed by atoms with Crippen molar-refractivity contribution in [1.82, 2.24) is 9.88 Å². The van der Waals surface area contributed by atoms with Gasteiger partial charge in [-0.15, -0.1) is 0 Å². The Kier molecular flexibility index (Phi) is 4.87. The van der Waals surface area contributed by atoms with Gasteiger partial charge in [0.25, 0.3) is 0 Å². The number of likely N-dealkylation sites (tertiary alicyclic amines) is 1. The van der Waals surface area contributed by atoms with Crippen LogP contribution in [0, 0.1) is 0 Å². The number of nitrogens with zero attached hydrogens (tertiary/aromatic N) is 3. The van der Waals surface area contributed by atoms with Gasteiger partial charge in [-0.3, -0.25) is 15.0 Å². The number of carbonyl (C=O) groups is 2. The van der Waals surface area contributed by atoms with Crippen molar-refractivity contribution in [3.63, 3.8) is 0 Å². The van der Waals surface area contributed by atoms with Gasteiger partial charge >= 0.3 is 6.03 Å². The summed E-state index contributed by atoms with van der Waals surface area (Å²) in [7, 11) is 0. The number of carbonyl (C=O) groups excluding carboxylic acids is 2. The molecule has 1 unspecified atom stereocenters. The number of hydrogen-bond acceptors (Lipinski definition) is 5. The van der Waals surface area contributed by atoms with Gasteiger partial charge in [-0.05, 0) is 30.2 Å². The van der Waals surface area contributed by atoms with Crippen LogP contribution in [0.4, 0.5) is 15.6 Å². The van der Waals surface area contributed by atoms with Gasteiger partial charge in [-0.1, -0.05) is 38.9 Å². The van der Waals surface area contributed by atoms with Crippen LogP contribution in [-0.4, -0.2) is 48.0 Å². The third kappa shape index (κ3) is 3.33. The number of thiazole rings is 1. The maximum Gasteiger partial charge on any atom is 0.328 e. The molecule has 142 valence electrons. The van der Waals surface area contributed by atoms with Crippen molar-refractivity contribution in [1.29, 1.82) is 0 Å². The van der Waals surface area contributed by atoms with Crippen molar-refractivity contribution >= 4 is 61.6 Å². The fraction of sp³-hybridized carbons (Fsp3) is 0.353. The van der Waals surface area contributed by atoms with Crippen molar-refractivity contribution in [3.8, 4) is 0 Å². The highest BCUT2D eigenvalue weighted by molar-refractivity contribution is 9.10. The van der Waals surface area contributed by atoms with Crippen LogP contribution in [0.25, 0.3) is 0 Å². The number of anilines is 2. The predicted molar refractivity (Wildman–Crippen MR) is 110 cm³/mol. The highest BCUT2D eigenvalue weighted by Gasteiger charge is 2.49. The number of nitrogens with two attached hydrogens (primary N) is 1. The summed E-state index contributed by atoms with van der Waals surface area (Å²) in [6, 6.07) is 5.62. The zero-order valence-corrected chi connectivity index (χ0v) is 17.4. The number of nitrogens with one attached hydrogen (secondary N) is 1. The maximum atomic E-state index is 12.9. The molecular weight excluding hydrogens is 454 g/mol. The van der Waals surface area contributed by atoms with E-state index in [1.807, 2.05) is 18.2 Å². The quantitative estimate of drug-likeness (QED) is 0.706. The molecule has 0 saturated carbocycles. The average Bonchev–Trinajstić information content (AvgIpc) is 3.34. The molecule has 0 radical (unpaired) electrons. The van der Waals surface area contributed by atoms with E-state index in [9.17, 15) is 9.59 Å². The minimum atomic E-state index is -0.290. The molecule has 1 atom stereocenters. The number of halogens is 2. The van der Waals surface area contributed by atoms with E-state index in [0.29, 0.717) is 29.1 Å². The van der Waals surface area contributed by atoms with Crippen molar-refractivity contribution in [2.24, 2.45) is 5.73 Å². The Bertz CT molecular complexity index is 922. The molecule has 7 nitrogen and oxygen atoms in total. The van der Waals surface area contributed by atoms with Crippen LogP contribution in [0.5, 0.6) is 0 Å². The number of urea groups is 1. The Morgan fingerprint density at radius 3 is 2.93 bits per heavy atom. The maximum absolute atomic E-state index is 12.9. The second-order valence-electron chi connectivity index (χ2n) is 6.70. The lowest BCUT2D eigenvalue weighted by atomic mass is 9.81. The standard InChI is InChI=1S/C17H17BrClN5O2S/c18-10-1-2-12-11(5-10)17(3-4-23(8-17)14(25)6-20)9-24(12)16(26)22-15-21-7-13(19)27-15/h1-2,5,7H,3-4,6,8-9,20H2,(H,21,22,26). The molecule has 4 rings (SSSR count). The molecule has 3 N–H and O–H groups in total. The van der Waals surface area contributed by atoms with Crippen LogP contribution < -0.4 is 16.0 Å². The van der Waals surface area contributed by atoms with Gasteiger partial charge in [0.2, 0.25) is 5.91 Å². The zero-order valence-electron chi connectivity index (χ0n) is 14.2. The van der Waals surface area contributed by atoms with Crippen LogP contribution in [0.1, 0.15) is 12.0 Å². The normalized spacial score (nSPS) is 21.0.